The minimum absolute atomic E-state index is 0.0653. The number of hydrogen-bond donors (Lipinski definition) is 1. The molecule has 3 atom stereocenters. The molecule has 0 radical (unpaired) electrons. The summed E-state index contributed by atoms with van der Waals surface area (Å²) in [6, 6.07) is 7.13. The highest BCUT2D eigenvalue weighted by atomic mass is 32.2. The van der Waals surface area contributed by atoms with Gasteiger partial charge >= 0.3 is 12.3 Å². The number of amides is 1. The van der Waals surface area contributed by atoms with Gasteiger partial charge in [-0.25, -0.2) is 4.79 Å². The summed E-state index contributed by atoms with van der Waals surface area (Å²) in [5, 5.41) is 0. The van der Waals surface area contributed by atoms with E-state index < -0.39 is 40.3 Å². The van der Waals surface area contributed by atoms with Crippen molar-refractivity contribution in [1.82, 2.24) is 9.62 Å². The molecule has 0 bridgehead atoms. The van der Waals surface area contributed by atoms with Crippen molar-refractivity contribution < 1.29 is 27.3 Å². The average molecular weight is 420 g/mol. The zero-order valence-corrected chi connectivity index (χ0v) is 17.1. The largest absolute Gasteiger partial charge is 0.598 e. The van der Waals surface area contributed by atoms with Crippen molar-refractivity contribution in [2.24, 2.45) is 5.92 Å². The van der Waals surface area contributed by atoms with E-state index in [9.17, 15) is 22.5 Å². The van der Waals surface area contributed by atoms with E-state index in [2.05, 4.69) is 4.72 Å². The Morgan fingerprint density at radius 2 is 1.96 bits per heavy atom. The zero-order chi connectivity index (χ0) is 20.9. The van der Waals surface area contributed by atoms with Crippen molar-refractivity contribution in [3.05, 3.63) is 35.9 Å². The molecule has 1 fully saturated rings. The molecule has 1 aliphatic rings. The number of ether oxygens (including phenoxy) is 1. The quantitative estimate of drug-likeness (QED) is 0.731. The lowest BCUT2D eigenvalue weighted by molar-refractivity contribution is -0.166. The molecule has 0 aliphatic carbocycles. The van der Waals surface area contributed by atoms with Gasteiger partial charge in [-0.3, -0.25) is 0 Å². The van der Waals surface area contributed by atoms with Crippen molar-refractivity contribution in [3.63, 3.8) is 0 Å². The summed E-state index contributed by atoms with van der Waals surface area (Å²) in [6.45, 7) is 5.14. The summed E-state index contributed by atoms with van der Waals surface area (Å²) in [7, 11) is 0. The van der Waals surface area contributed by atoms with Crippen LogP contribution in [0.5, 0.6) is 0 Å². The monoisotopic (exact) mass is 420 g/mol. The molecule has 28 heavy (non-hydrogen) atoms. The number of piperidine rings is 1. The second kappa shape index (κ2) is 9.37. The summed E-state index contributed by atoms with van der Waals surface area (Å²) in [4.78, 5) is 13.6. The first-order chi connectivity index (χ1) is 13.0. The van der Waals surface area contributed by atoms with Gasteiger partial charge < -0.3 is 14.2 Å². The van der Waals surface area contributed by atoms with Crippen LogP contribution < -0.4 is 4.72 Å². The fourth-order valence-corrected chi connectivity index (χ4v) is 3.89. The van der Waals surface area contributed by atoms with E-state index in [1.807, 2.05) is 18.2 Å². The molecule has 1 aromatic rings. The predicted molar refractivity (Wildman–Crippen MR) is 102 cm³/mol. The molecule has 0 spiro atoms. The van der Waals surface area contributed by atoms with Crippen molar-refractivity contribution in [1.29, 1.82) is 0 Å². The highest BCUT2D eigenvalue weighted by Gasteiger charge is 2.50. The molecular formula is C19H27F3N2O3S. The molecule has 1 N–H and O–H groups in total. The van der Waals surface area contributed by atoms with Crippen LogP contribution in [-0.2, 0) is 22.7 Å². The summed E-state index contributed by atoms with van der Waals surface area (Å²) < 4.78 is 59.8. The van der Waals surface area contributed by atoms with Gasteiger partial charge in [0.25, 0.3) is 0 Å². The Morgan fingerprint density at radius 1 is 1.32 bits per heavy atom. The van der Waals surface area contributed by atoms with E-state index in [1.165, 1.54) is 4.90 Å². The third kappa shape index (κ3) is 6.56. The Bertz CT molecular complexity index is 638. The first kappa shape index (κ1) is 22.8. The van der Waals surface area contributed by atoms with Crippen LogP contribution in [-0.4, -0.2) is 45.6 Å². The standard InChI is InChI=1S/C19H27F3N2O3S/c1-18(2,3)28(26)23-16(19(20,21)22)15-10-7-11-24(12-15)17(25)27-13-14-8-5-4-6-9-14/h4-6,8-9,15-16,23H,7,10-13H2,1-3H3/t15?,16-,28?/m0/s1. The number of nitrogens with zero attached hydrogens (tertiary/aromatic N) is 1. The molecule has 2 unspecified atom stereocenters. The Morgan fingerprint density at radius 3 is 2.54 bits per heavy atom. The predicted octanol–water partition coefficient (Wildman–Crippen LogP) is 4.02. The van der Waals surface area contributed by atoms with Crippen LogP contribution in [0.1, 0.15) is 39.2 Å². The van der Waals surface area contributed by atoms with Gasteiger partial charge in [-0.15, -0.1) is 4.72 Å². The van der Waals surface area contributed by atoms with Crippen LogP contribution in [0.4, 0.5) is 18.0 Å². The lowest BCUT2D eigenvalue weighted by Gasteiger charge is -2.38. The van der Waals surface area contributed by atoms with E-state index in [-0.39, 0.29) is 13.2 Å². The molecule has 9 heteroatoms. The van der Waals surface area contributed by atoms with Crippen molar-refractivity contribution in [2.45, 2.75) is 57.2 Å². The number of likely N-dealkylation sites (tertiary alicyclic amines) is 1. The smallest absolute Gasteiger partial charge is 0.410 e. The van der Waals surface area contributed by atoms with Crippen LogP contribution in [0.25, 0.3) is 0 Å². The van der Waals surface area contributed by atoms with Crippen LogP contribution in [0.15, 0.2) is 30.3 Å². The topological polar surface area (TPSA) is 64.6 Å². The van der Waals surface area contributed by atoms with E-state index in [0.29, 0.717) is 19.4 Å². The Kier molecular flexibility index (Phi) is 7.64. The van der Waals surface area contributed by atoms with Gasteiger partial charge in [0, 0.05) is 30.4 Å². The van der Waals surface area contributed by atoms with Gasteiger partial charge in [0.2, 0.25) is 0 Å². The van der Waals surface area contributed by atoms with Gasteiger partial charge in [-0.1, -0.05) is 30.3 Å². The van der Waals surface area contributed by atoms with E-state index in [4.69, 9.17) is 4.74 Å². The normalized spacial score (nSPS) is 20.5. The number of carbonyl (C=O) groups is 1. The molecule has 0 aromatic heterocycles. The SMILES string of the molecule is CC(C)(C)[S+]([O-])N[C@@H](C1CCCN(C(=O)OCc2ccccc2)C1)C(F)(F)F. The number of nitrogens with one attached hydrogen (secondary N) is 1. The number of carbonyl (C=O) groups excluding carboxylic acids is 1. The molecule has 1 aliphatic heterocycles. The minimum Gasteiger partial charge on any atom is -0.598 e. The van der Waals surface area contributed by atoms with E-state index in [0.717, 1.165) is 5.56 Å². The highest BCUT2D eigenvalue weighted by Crippen LogP contribution is 2.33. The van der Waals surface area contributed by atoms with Gasteiger partial charge in [0.1, 0.15) is 11.4 Å². The Hall–Kier alpha value is -1.45. The van der Waals surface area contributed by atoms with E-state index >= 15 is 0 Å². The number of alkyl halides is 3. The molecule has 158 valence electrons. The fourth-order valence-electron chi connectivity index (χ4n) is 2.98. The number of hydrogen-bond acceptors (Lipinski definition) is 4. The third-order valence-corrected chi connectivity index (χ3v) is 6.12. The lowest BCUT2D eigenvalue weighted by atomic mass is 9.91. The molecule has 1 amide bonds. The average Bonchev–Trinajstić information content (AvgIpc) is 2.63. The molecule has 0 saturated carbocycles. The molecular weight excluding hydrogens is 393 g/mol. The van der Waals surface area contributed by atoms with Crippen molar-refractivity contribution >= 4 is 17.5 Å². The number of halogens is 3. The maximum Gasteiger partial charge on any atom is 0.410 e. The third-order valence-electron chi connectivity index (χ3n) is 4.54. The van der Waals surface area contributed by atoms with Crippen LogP contribution in [0, 0.1) is 5.92 Å². The molecule has 1 heterocycles. The molecule has 1 saturated heterocycles. The maximum absolute atomic E-state index is 13.6. The molecule has 5 nitrogen and oxygen atoms in total. The van der Waals surface area contributed by atoms with Crippen molar-refractivity contribution in [3.8, 4) is 0 Å². The Labute approximate surface area is 166 Å². The summed E-state index contributed by atoms with van der Waals surface area (Å²) in [5.74, 6) is -0.885. The summed E-state index contributed by atoms with van der Waals surface area (Å²) >= 11 is -1.87. The van der Waals surface area contributed by atoms with Crippen LogP contribution >= 0.6 is 0 Å². The second-order valence-electron chi connectivity index (χ2n) is 7.91. The fraction of sp³-hybridized carbons (Fsp3) is 0.632. The van der Waals surface area contributed by atoms with Gasteiger partial charge in [0.15, 0.2) is 6.04 Å². The van der Waals surface area contributed by atoms with Crippen LogP contribution in [0.2, 0.25) is 0 Å². The second-order valence-corrected chi connectivity index (χ2v) is 9.90. The lowest BCUT2D eigenvalue weighted by Crippen LogP contribution is -2.57. The number of rotatable bonds is 5. The van der Waals surface area contributed by atoms with Gasteiger partial charge in [0.05, 0.1) is 0 Å². The minimum atomic E-state index is -4.57. The summed E-state index contributed by atoms with van der Waals surface area (Å²) in [5.41, 5.74) is 0.805. The van der Waals surface area contributed by atoms with Gasteiger partial charge in [-0.05, 0) is 39.2 Å². The molecule has 1 aromatic carbocycles. The van der Waals surface area contributed by atoms with Crippen LogP contribution in [0.3, 0.4) is 0 Å². The Balaban J connectivity index is 2.01. The van der Waals surface area contributed by atoms with E-state index in [1.54, 1.807) is 32.9 Å². The first-order valence-electron chi connectivity index (χ1n) is 9.19. The molecule has 2 rings (SSSR count). The summed E-state index contributed by atoms with van der Waals surface area (Å²) in [6.07, 6.45) is -4.48. The highest BCUT2D eigenvalue weighted by molar-refractivity contribution is 7.90. The van der Waals surface area contributed by atoms with Crippen molar-refractivity contribution in [2.75, 3.05) is 13.1 Å². The zero-order valence-electron chi connectivity index (χ0n) is 16.3. The maximum atomic E-state index is 13.6. The van der Waals surface area contributed by atoms with Gasteiger partial charge in [-0.2, -0.15) is 13.2 Å². The first-order valence-corrected chi connectivity index (χ1v) is 10.3. The number of benzene rings is 1.